The number of likely N-dealkylation sites (tertiary alicyclic amines) is 1. The van der Waals surface area contributed by atoms with Crippen molar-refractivity contribution >= 4 is 5.97 Å². The number of hydrogen-bond acceptors (Lipinski definition) is 4. The van der Waals surface area contributed by atoms with Gasteiger partial charge in [0.15, 0.2) is 0 Å². The molecule has 5 nitrogen and oxygen atoms in total. The van der Waals surface area contributed by atoms with Crippen molar-refractivity contribution < 1.29 is 14.6 Å². The van der Waals surface area contributed by atoms with Crippen LogP contribution in [0.1, 0.15) is 19.3 Å². The SMILES string of the molecule is CN1CCC(CN(C)CC2(C(=O)O)CCOC2)CC1. The van der Waals surface area contributed by atoms with Gasteiger partial charge in [-0.05, 0) is 52.4 Å². The number of rotatable bonds is 5. The highest BCUT2D eigenvalue weighted by Gasteiger charge is 2.43. The van der Waals surface area contributed by atoms with Gasteiger partial charge >= 0.3 is 5.97 Å². The topological polar surface area (TPSA) is 53.0 Å². The summed E-state index contributed by atoms with van der Waals surface area (Å²) in [5, 5.41) is 9.44. The van der Waals surface area contributed by atoms with Crippen LogP contribution >= 0.6 is 0 Å². The average Bonchev–Trinajstić information content (AvgIpc) is 2.82. The van der Waals surface area contributed by atoms with Crippen LogP contribution in [-0.2, 0) is 9.53 Å². The largest absolute Gasteiger partial charge is 0.481 e. The zero-order chi connectivity index (χ0) is 13.9. The third-order valence-corrected chi connectivity index (χ3v) is 4.54. The number of aliphatic carboxylic acids is 1. The maximum Gasteiger partial charge on any atom is 0.313 e. The van der Waals surface area contributed by atoms with E-state index in [1.54, 1.807) is 0 Å². The molecule has 0 radical (unpaired) electrons. The van der Waals surface area contributed by atoms with Gasteiger partial charge in [0.1, 0.15) is 5.41 Å². The van der Waals surface area contributed by atoms with E-state index in [-0.39, 0.29) is 0 Å². The van der Waals surface area contributed by atoms with E-state index in [9.17, 15) is 9.90 Å². The van der Waals surface area contributed by atoms with Crippen LogP contribution in [0.5, 0.6) is 0 Å². The smallest absolute Gasteiger partial charge is 0.313 e. The molecule has 0 amide bonds. The first-order chi connectivity index (χ1) is 9.02. The average molecular weight is 270 g/mol. The van der Waals surface area contributed by atoms with Crippen molar-refractivity contribution in [3.05, 3.63) is 0 Å². The zero-order valence-electron chi connectivity index (χ0n) is 12.1. The summed E-state index contributed by atoms with van der Waals surface area (Å²) in [6, 6.07) is 0. The van der Waals surface area contributed by atoms with Crippen LogP contribution < -0.4 is 0 Å². The van der Waals surface area contributed by atoms with Gasteiger partial charge in [-0.25, -0.2) is 0 Å². The molecule has 0 saturated carbocycles. The summed E-state index contributed by atoms with van der Waals surface area (Å²) < 4.78 is 5.31. The second-order valence-electron chi connectivity index (χ2n) is 6.33. The van der Waals surface area contributed by atoms with E-state index in [2.05, 4.69) is 16.8 Å². The normalized spacial score (nSPS) is 30.1. The van der Waals surface area contributed by atoms with E-state index >= 15 is 0 Å². The lowest BCUT2D eigenvalue weighted by molar-refractivity contribution is -0.150. The predicted octanol–water partition coefficient (Wildman–Crippen LogP) is 0.751. The molecule has 5 heteroatoms. The maximum absolute atomic E-state index is 11.5. The summed E-state index contributed by atoms with van der Waals surface area (Å²) in [6.07, 6.45) is 3.08. The Bertz CT molecular complexity index is 308. The minimum Gasteiger partial charge on any atom is -0.481 e. The van der Waals surface area contributed by atoms with Gasteiger partial charge in [-0.1, -0.05) is 0 Å². The molecule has 2 fully saturated rings. The molecular weight excluding hydrogens is 244 g/mol. The number of carboxylic acids is 1. The van der Waals surface area contributed by atoms with Crippen LogP contribution in [0.25, 0.3) is 0 Å². The van der Waals surface area contributed by atoms with Crippen molar-refractivity contribution in [2.75, 3.05) is 53.5 Å². The second-order valence-corrected chi connectivity index (χ2v) is 6.33. The first-order valence-electron chi connectivity index (χ1n) is 7.20. The van der Waals surface area contributed by atoms with E-state index in [4.69, 9.17) is 4.74 Å². The molecule has 2 heterocycles. The number of carboxylic acid groups (broad SMARTS) is 1. The van der Waals surface area contributed by atoms with Gasteiger partial charge in [0.25, 0.3) is 0 Å². The molecule has 0 spiro atoms. The van der Waals surface area contributed by atoms with Crippen molar-refractivity contribution in [2.24, 2.45) is 11.3 Å². The first-order valence-corrected chi connectivity index (χ1v) is 7.20. The molecule has 0 aliphatic carbocycles. The summed E-state index contributed by atoms with van der Waals surface area (Å²) in [6.45, 7) is 4.86. The Balaban J connectivity index is 1.83. The quantitative estimate of drug-likeness (QED) is 0.799. The molecule has 0 bridgehead atoms. The summed E-state index contributed by atoms with van der Waals surface area (Å²) in [7, 11) is 4.20. The second kappa shape index (κ2) is 6.20. The molecule has 2 rings (SSSR count). The third-order valence-electron chi connectivity index (χ3n) is 4.54. The van der Waals surface area contributed by atoms with E-state index in [0.717, 1.165) is 19.6 Å². The number of ether oxygens (including phenoxy) is 1. The maximum atomic E-state index is 11.5. The number of nitrogens with zero attached hydrogens (tertiary/aromatic N) is 2. The lowest BCUT2D eigenvalue weighted by Crippen LogP contribution is -2.44. The number of hydrogen-bond donors (Lipinski definition) is 1. The minimum atomic E-state index is -0.708. The van der Waals surface area contributed by atoms with Crippen molar-refractivity contribution in [2.45, 2.75) is 19.3 Å². The fraction of sp³-hybridized carbons (Fsp3) is 0.929. The zero-order valence-corrected chi connectivity index (χ0v) is 12.1. The molecule has 0 aromatic heterocycles. The van der Waals surface area contributed by atoms with Crippen LogP contribution in [0.4, 0.5) is 0 Å². The Hall–Kier alpha value is -0.650. The van der Waals surface area contributed by atoms with Gasteiger partial charge in [-0.3, -0.25) is 4.79 Å². The molecule has 2 saturated heterocycles. The fourth-order valence-electron chi connectivity index (χ4n) is 3.23. The van der Waals surface area contributed by atoms with Gasteiger partial charge < -0.3 is 19.6 Å². The van der Waals surface area contributed by atoms with E-state index in [0.29, 0.717) is 32.1 Å². The third kappa shape index (κ3) is 3.68. The summed E-state index contributed by atoms with van der Waals surface area (Å²) in [4.78, 5) is 16.0. The summed E-state index contributed by atoms with van der Waals surface area (Å²) in [5.74, 6) is -0.00501. The highest BCUT2D eigenvalue weighted by molar-refractivity contribution is 5.75. The number of piperidine rings is 1. The molecule has 1 N–H and O–H groups in total. The number of carbonyl (C=O) groups is 1. The van der Waals surface area contributed by atoms with Crippen LogP contribution in [0, 0.1) is 11.3 Å². The van der Waals surface area contributed by atoms with Gasteiger partial charge in [-0.2, -0.15) is 0 Å². The Labute approximate surface area is 115 Å². The van der Waals surface area contributed by atoms with Crippen molar-refractivity contribution in [3.63, 3.8) is 0 Å². The van der Waals surface area contributed by atoms with E-state index in [1.807, 2.05) is 7.05 Å². The monoisotopic (exact) mass is 270 g/mol. The van der Waals surface area contributed by atoms with Gasteiger partial charge in [0.05, 0.1) is 6.61 Å². The van der Waals surface area contributed by atoms with Crippen LogP contribution in [0.3, 0.4) is 0 Å². The lowest BCUT2D eigenvalue weighted by atomic mass is 9.86. The van der Waals surface area contributed by atoms with Crippen LogP contribution in [-0.4, -0.2) is 74.4 Å². The van der Waals surface area contributed by atoms with Crippen molar-refractivity contribution in [3.8, 4) is 0 Å². The summed E-state index contributed by atoms with van der Waals surface area (Å²) in [5.41, 5.74) is -0.680. The highest BCUT2D eigenvalue weighted by atomic mass is 16.5. The minimum absolute atomic E-state index is 0.361. The van der Waals surface area contributed by atoms with Crippen LogP contribution in [0.15, 0.2) is 0 Å². The van der Waals surface area contributed by atoms with Crippen molar-refractivity contribution in [1.82, 2.24) is 9.80 Å². The Kier molecular flexibility index (Phi) is 4.81. The van der Waals surface area contributed by atoms with Gasteiger partial charge in [0.2, 0.25) is 0 Å². The standard InChI is InChI=1S/C14H26N2O3/c1-15-6-3-12(4-7-15)9-16(2)10-14(13(17)18)5-8-19-11-14/h12H,3-11H2,1-2H3,(H,17,18). The lowest BCUT2D eigenvalue weighted by Gasteiger charge is -2.34. The molecule has 0 aromatic rings. The Morgan fingerprint density at radius 1 is 1.47 bits per heavy atom. The Morgan fingerprint density at radius 2 is 2.16 bits per heavy atom. The molecule has 1 atom stereocenters. The molecule has 2 aliphatic rings. The molecule has 0 aromatic carbocycles. The molecule has 1 unspecified atom stereocenters. The summed E-state index contributed by atoms with van der Waals surface area (Å²) >= 11 is 0. The fourth-order valence-corrected chi connectivity index (χ4v) is 3.23. The molecular formula is C14H26N2O3. The van der Waals surface area contributed by atoms with Crippen LogP contribution in [0.2, 0.25) is 0 Å². The highest BCUT2D eigenvalue weighted by Crippen LogP contribution is 2.30. The predicted molar refractivity (Wildman–Crippen MR) is 73.2 cm³/mol. The molecule has 110 valence electrons. The van der Waals surface area contributed by atoms with Gasteiger partial charge in [0, 0.05) is 19.7 Å². The molecule has 19 heavy (non-hydrogen) atoms. The van der Waals surface area contributed by atoms with Gasteiger partial charge in [-0.15, -0.1) is 0 Å². The van der Waals surface area contributed by atoms with Crippen molar-refractivity contribution in [1.29, 1.82) is 0 Å². The molecule has 2 aliphatic heterocycles. The van der Waals surface area contributed by atoms with E-state index in [1.165, 1.54) is 12.8 Å². The Morgan fingerprint density at radius 3 is 2.68 bits per heavy atom. The first kappa shape index (κ1) is 14.8. The van der Waals surface area contributed by atoms with E-state index < -0.39 is 11.4 Å².